The highest BCUT2D eigenvalue weighted by Crippen LogP contribution is 2.22. The fourth-order valence-electron chi connectivity index (χ4n) is 3.03. The zero-order valence-electron chi connectivity index (χ0n) is 16.3. The van der Waals surface area contributed by atoms with Crippen LogP contribution in [0.5, 0.6) is 0 Å². The Hall–Kier alpha value is -1.95. The quantitative estimate of drug-likeness (QED) is 0.251. The number of nitrogens with one attached hydrogen (secondary N) is 1. The molecule has 1 saturated heterocycles. The van der Waals surface area contributed by atoms with E-state index in [2.05, 4.69) is 10.4 Å². The molecule has 0 saturated carbocycles. The minimum absolute atomic E-state index is 0.180. The molecule has 1 fully saturated rings. The molecule has 1 aromatic rings. The minimum atomic E-state index is -1.47. The van der Waals surface area contributed by atoms with E-state index in [-0.39, 0.29) is 12.5 Å². The SMILES string of the molecule is CCC[C@H](N=[NH2+])C(=O)Nc1ccc(CCO[C@@H]2O[C@H](CO)[C@@H](O)[C@H](O)[C@H]2O)cc1. The maximum atomic E-state index is 12.1. The first-order valence-corrected chi connectivity index (χ1v) is 9.63. The summed E-state index contributed by atoms with van der Waals surface area (Å²) in [6, 6.07) is 6.56. The van der Waals surface area contributed by atoms with Gasteiger partial charge in [0, 0.05) is 5.69 Å². The Kier molecular flexibility index (Phi) is 9.08. The van der Waals surface area contributed by atoms with Gasteiger partial charge in [0.15, 0.2) is 12.3 Å². The molecule has 0 spiro atoms. The largest absolute Gasteiger partial charge is 0.394 e. The Morgan fingerprint density at radius 2 is 1.93 bits per heavy atom. The Morgan fingerprint density at radius 1 is 1.24 bits per heavy atom. The van der Waals surface area contributed by atoms with E-state index < -0.39 is 43.4 Å². The van der Waals surface area contributed by atoms with Gasteiger partial charge < -0.3 is 35.2 Å². The lowest BCUT2D eigenvalue weighted by atomic mass is 9.99. The van der Waals surface area contributed by atoms with Crippen molar-refractivity contribution < 1.29 is 40.2 Å². The molecule has 0 aliphatic carbocycles. The molecule has 0 aromatic heterocycles. The minimum Gasteiger partial charge on any atom is -0.394 e. The van der Waals surface area contributed by atoms with Crippen LogP contribution in [0.15, 0.2) is 29.4 Å². The number of hydrogen-bond donors (Lipinski definition) is 6. The van der Waals surface area contributed by atoms with Gasteiger partial charge in [0.2, 0.25) is 0 Å². The zero-order valence-corrected chi connectivity index (χ0v) is 16.3. The maximum absolute atomic E-state index is 12.1. The summed E-state index contributed by atoms with van der Waals surface area (Å²) in [6.45, 7) is 1.63. The van der Waals surface area contributed by atoms with Gasteiger partial charge in [-0.05, 0) is 35.7 Å². The number of nitrogens with zero attached hydrogens (tertiary/aromatic N) is 1. The third kappa shape index (κ3) is 6.26. The summed E-state index contributed by atoms with van der Waals surface area (Å²) in [5.41, 5.74) is 6.82. The molecule has 1 heterocycles. The summed E-state index contributed by atoms with van der Waals surface area (Å²) in [4.78, 5) is 12.1. The fourth-order valence-corrected chi connectivity index (χ4v) is 3.03. The molecular formula is C19H30N3O7+. The van der Waals surface area contributed by atoms with Crippen molar-refractivity contribution in [2.75, 3.05) is 18.5 Å². The van der Waals surface area contributed by atoms with E-state index >= 15 is 0 Å². The van der Waals surface area contributed by atoms with Crippen molar-refractivity contribution in [3.63, 3.8) is 0 Å². The molecular weight excluding hydrogens is 382 g/mol. The van der Waals surface area contributed by atoms with Crippen LogP contribution in [0.2, 0.25) is 0 Å². The van der Waals surface area contributed by atoms with Crippen molar-refractivity contribution in [1.29, 1.82) is 0 Å². The number of rotatable bonds is 10. The molecule has 0 radical (unpaired) electrons. The first kappa shape index (κ1) is 23.3. The number of anilines is 1. The van der Waals surface area contributed by atoms with Gasteiger partial charge in [-0.25, -0.2) is 0 Å². The fraction of sp³-hybridized carbons (Fsp3) is 0.632. The van der Waals surface area contributed by atoms with Gasteiger partial charge in [-0.3, -0.25) is 4.79 Å². The standard InChI is InChI=1S/C19H29N3O7/c1-2-3-13(22-20)18(27)21-12-6-4-11(5-7-12)8-9-28-19-17(26)16(25)15(24)14(10-23)29-19/h4-7,13-17,19-20,23-26H,2-3,8-10H2,1H3,(H,21,27)/p+1/t13-,14+,15+,16-,17+,19+/m0/s1. The number of carbonyl (C=O) groups excluding carboxylic acids is 1. The second kappa shape index (κ2) is 11.3. The van der Waals surface area contributed by atoms with Crippen LogP contribution >= 0.6 is 0 Å². The predicted octanol–water partition coefficient (Wildman–Crippen LogP) is -1.64. The lowest BCUT2D eigenvalue weighted by molar-refractivity contribution is -0.300. The number of carbonyl (C=O) groups is 1. The Bertz CT molecular complexity index is 656. The summed E-state index contributed by atoms with van der Waals surface area (Å²) in [5.74, 6) is -0.256. The number of amides is 1. The van der Waals surface area contributed by atoms with Crippen LogP contribution in [0, 0.1) is 0 Å². The van der Waals surface area contributed by atoms with Crippen LogP contribution in [0.4, 0.5) is 5.69 Å². The Morgan fingerprint density at radius 3 is 2.52 bits per heavy atom. The molecule has 10 heteroatoms. The highest BCUT2D eigenvalue weighted by atomic mass is 16.7. The highest BCUT2D eigenvalue weighted by molar-refractivity contribution is 5.94. The van der Waals surface area contributed by atoms with E-state index in [4.69, 9.17) is 15.0 Å². The molecule has 1 aliphatic rings. The smallest absolute Gasteiger partial charge is 0.255 e. The number of benzene rings is 1. The van der Waals surface area contributed by atoms with Crippen LogP contribution in [0.3, 0.4) is 0 Å². The molecule has 6 atom stereocenters. The number of hydrogen-bond acceptors (Lipinski definition) is 8. The molecule has 7 N–H and O–H groups in total. The summed E-state index contributed by atoms with van der Waals surface area (Å²) in [5, 5.41) is 45.0. The summed E-state index contributed by atoms with van der Waals surface area (Å²) >= 11 is 0. The van der Waals surface area contributed by atoms with Crippen LogP contribution in [-0.4, -0.2) is 76.3 Å². The van der Waals surface area contributed by atoms with Crippen LogP contribution in [-0.2, 0) is 20.7 Å². The third-order valence-electron chi connectivity index (χ3n) is 4.79. The number of aliphatic hydroxyl groups is 4. The normalized spacial score (nSPS) is 28.0. The molecule has 0 unspecified atom stereocenters. The van der Waals surface area contributed by atoms with E-state index in [9.17, 15) is 25.2 Å². The average molecular weight is 412 g/mol. The lowest BCUT2D eigenvalue weighted by Crippen LogP contribution is -2.59. The van der Waals surface area contributed by atoms with Gasteiger partial charge >= 0.3 is 0 Å². The number of aliphatic hydroxyl groups excluding tert-OH is 4. The van der Waals surface area contributed by atoms with Gasteiger partial charge in [0.05, 0.1) is 13.2 Å². The van der Waals surface area contributed by atoms with Gasteiger partial charge in [-0.2, -0.15) is 5.53 Å². The molecule has 1 aromatic carbocycles. The maximum Gasteiger partial charge on any atom is 0.255 e. The van der Waals surface area contributed by atoms with E-state index in [1.54, 1.807) is 12.1 Å². The Balaban J connectivity index is 1.83. The predicted molar refractivity (Wildman–Crippen MR) is 102 cm³/mol. The van der Waals surface area contributed by atoms with Gasteiger partial charge in [-0.15, -0.1) is 0 Å². The molecule has 29 heavy (non-hydrogen) atoms. The van der Waals surface area contributed by atoms with Gasteiger partial charge in [0.1, 0.15) is 24.4 Å². The highest BCUT2D eigenvalue weighted by Gasteiger charge is 2.43. The van der Waals surface area contributed by atoms with Gasteiger partial charge in [-0.1, -0.05) is 25.5 Å². The topological polar surface area (TPSA) is 166 Å². The van der Waals surface area contributed by atoms with Crippen LogP contribution in [0.1, 0.15) is 25.3 Å². The number of ether oxygens (including phenoxy) is 2. The van der Waals surface area contributed by atoms with Crippen molar-refractivity contribution in [2.24, 2.45) is 5.11 Å². The van der Waals surface area contributed by atoms with Crippen molar-refractivity contribution in [3.05, 3.63) is 29.8 Å². The first-order valence-electron chi connectivity index (χ1n) is 9.63. The molecule has 2 rings (SSSR count). The zero-order chi connectivity index (χ0) is 21.4. The summed E-state index contributed by atoms with van der Waals surface area (Å²) < 4.78 is 10.8. The van der Waals surface area contributed by atoms with Crippen LogP contribution in [0.25, 0.3) is 0 Å². The lowest BCUT2D eigenvalue weighted by Gasteiger charge is -2.39. The molecule has 162 valence electrons. The van der Waals surface area contributed by atoms with Gasteiger partial charge in [0.25, 0.3) is 5.91 Å². The summed E-state index contributed by atoms with van der Waals surface area (Å²) in [7, 11) is 0. The molecule has 1 amide bonds. The van der Waals surface area contributed by atoms with Crippen molar-refractivity contribution in [1.82, 2.24) is 0 Å². The number of nitrogens with two attached hydrogens (primary N) is 1. The Labute approximate surface area is 169 Å². The molecule has 10 nitrogen and oxygen atoms in total. The van der Waals surface area contributed by atoms with E-state index in [1.165, 1.54) is 0 Å². The van der Waals surface area contributed by atoms with E-state index in [0.717, 1.165) is 12.0 Å². The third-order valence-corrected chi connectivity index (χ3v) is 4.79. The van der Waals surface area contributed by atoms with Crippen molar-refractivity contribution in [3.8, 4) is 0 Å². The van der Waals surface area contributed by atoms with E-state index in [1.807, 2.05) is 19.1 Å². The van der Waals surface area contributed by atoms with Crippen LogP contribution < -0.4 is 10.8 Å². The van der Waals surface area contributed by atoms with Crippen molar-refractivity contribution >= 4 is 11.6 Å². The molecule has 1 aliphatic heterocycles. The van der Waals surface area contributed by atoms with E-state index in [0.29, 0.717) is 18.5 Å². The average Bonchev–Trinajstić information content (AvgIpc) is 2.73. The second-order valence-corrected chi connectivity index (χ2v) is 6.96. The summed E-state index contributed by atoms with van der Waals surface area (Å²) in [6.07, 6.45) is -4.60. The molecule has 0 bridgehead atoms. The van der Waals surface area contributed by atoms with Crippen molar-refractivity contribution in [2.45, 2.75) is 62.9 Å². The monoisotopic (exact) mass is 412 g/mol. The first-order chi connectivity index (χ1) is 13.9. The second-order valence-electron chi connectivity index (χ2n) is 6.96.